The highest BCUT2D eigenvalue weighted by Crippen LogP contribution is 2.08. The van der Waals surface area contributed by atoms with Crippen LogP contribution in [0.1, 0.15) is 12.5 Å². The van der Waals surface area contributed by atoms with E-state index in [4.69, 9.17) is 4.74 Å². The molecule has 0 spiro atoms. The number of hydrogen-bond acceptors (Lipinski definition) is 2. The summed E-state index contributed by atoms with van der Waals surface area (Å²) in [4.78, 5) is 11.4. The van der Waals surface area contributed by atoms with E-state index in [1.165, 1.54) is 6.08 Å². The molecule has 0 N–H and O–H groups in total. The summed E-state index contributed by atoms with van der Waals surface area (Å²) in [6.07, 6.45) is 3.26. The molecule has 0 heterocycles. The molecule has 2 heteroatoms. The molecule has 0 aliphatic carbocycles. The van der Waals surface area contributed by atoms with Crippen LogP contribution in [0, 0.1) is 0 Å². The van der Waals surface area contributed by atoms with Crippen LogP contribution in [0.3, 0.4) is 0 Å². The van der Waals surface area contributed by atoms with Crippen LogP contribution in [0.2, 0.25) is 0 Å². The SMILES string of the molecule is C=C/C(=C/c1ccccc1)C(=O)OCC. The summed E-state index contributed by atoms with van der Waals surface area (Å²) in [7, 11) is 0. The molecule has 0 bridgehead atoms. The number of ether oxygens (including phenoxy) is 1. The van der Waals surface area contributed by atoms with E-state index in [0.29, 0.717) is 12.2 Å². The Morgan fingerprint density at radius 3 is 2.60 bits per heavy atom. The van der Waals surface area contributed by atoms with Crippen molar-refractivity contribution < 1.29 is 9.53 Å². The van der Waals surface area contributed by atoms with Gasteiger partial charge in [0.05, 0.1) is 12.2 Å². The van der Waals surface area contributed by atoms with E-state index in [-0.39, 0.29) is 5.97 Å². The number of carbonyl (C=O) groups is 1. The standard InChI is InChI=1S/C13H14O2/c1-3-12(13(14)15-4-2)10-11-8-6-5-7-9-11/h3,5-10H,1,4H2,2H3/b12-10-. The van der Waals surface area contributed by atoms with Crippen molar-refractivity contribution in [3.8, 4) is 0 Å². The molecule has 15 heavy (non-hydrogen) atoms. The van der Waals surface area contributed by atoms with Gasteiger partial charge in [0.25, 0.3) is 0 Å². The van der Waals surface area contributed by atoms with Gasteiger partial charge >= 0.3 is 5.97 Å². The van der Waals surface area contributed by atoms with Gasteiger partial charge in [0, 0.05) is 0 Å². The highest BCUT2D eigenvalue weighted by atomic mass is 16.5. The number of rotatable bonds is 4. The Kier molecular flexibility index (Phi) is 4.35. The third-order valence-electron chi connectivity index (χ3n) is 1.85. The van der Waals surface area contributed by atoms with E-state index in [2.05, 4.69) is 6.58 Å². The maximum absolute atomic E-state index is 11.4. The van der Waals surface area contributed by atoms with Gasteiger partial charge < -0.3 is 4.74 Å². The Morgan fingerprint density at radius 2 is 2.07 bits per heavy atom. The van der Waals surface area contributed by atoms with E-state index in [1.54, 1.807) is 13.0 Å². The zero-order valence-electron chi connectivity index (χ0n) is 8.77. The van der Waals surface area contributed by atoms with Crippen molar-refractivity contribution >= 4 is 12.0 Å². The molecule has 0 saturated carbocycles. The van der Waals surface area contributed by atoms with Crippen LogP contribution >= 0.6 is 0 Å². The van der Waals surface area contributed by atoms with E-state index < -0.39 is 0 Å². The van der Waals surface area contributed by atoms with Crippen LogP contribution in [0.25, 0.3) is 6.08 Å². The van der Waals surface area contributed by atoms with Crippen molar-refractivity contribution in [1.82, 2.24) is 0 Å². The minimum Gasteiger partial charge on any atom is -0.462 e. The van der Waals surface area contributed by atoms with Crippen LogP contribution in [-0.4, -0.2) is 12.6 Å². The van der Waals surface area contributed by atoms with E-state index in [1.807, 2.05) is 30.3 Å². The summed E-state index contributed by atoms with van der Waals surface area (Å²) in [6.45, 7) is 5.74. The van der Waals surface area contributed by atoms with Crippen molar-refractivity contribution in [1.29, 1.82) is 0 Å². The molecule has 2 nitrogen and oxygen atoms in total. The molecule has 0 amide bonds. The second-order valence-electron chi connectivity index (χ2n) is 2.93. The lowest BCUT2D eigenvalue weighted by Gasteiger charge is -2.01. The minimum absolute atomic E-state index is 0.337. The lowest BCUT2D eigenvalue weighted by molar-refractivity contribution is -0.138. The van der Waals surface area contributed by atoms with Crippen LogP contribution in [-0.2, 0) is 9.53 Å². The summed E-state index contributed by atoms with van der Waals surface area (Å²) in [5, 5.41) is 0. The van der Waals surface area contributed by atoms with Gasteiger partial charge in [-0.15, -0.1) is 0 Å². The Labute approximate surface area is 89.9 Å². The van der Waals surface area contributed by atoms with Gasteiger partial charge in [-0.2, -0.15) is 0 Å². The third kappa shape index (κ3) is 3.43. The number of carbonyl (C=O) groups excluding carboxylic acids is 1. The molecule has 0 saturated heterocycles. The molecule has 0 radical (unpaired) electrons. The second-order valence-corrected chi connectivity index (χ2v) is 2.93. The zero-order valence-corrected chi connectivity index (χ0v) is 8.77. The quantitative estimate of drug-likeness (QED) is 0.426. The average Bonchev–Trinajstić information content (AvgIpc) is 2.27. The summed E-state index contributed by atoms with van der Waals surface area (Å²) in [5.41, 5.74) is 1.43. The fourth-order valence-corrected chi connectivity index (χ4v) is 1.14. The van der Waals surface area contributed by atoms with Crippen LogP contribution in [0.15, 0.2) is 48.6 Å². The van der Waals surface area contributed by atoms with Crippen molar-refractivity contribution in [2.24, 2.45) is 0 Å². The van der Waals surface area contributed by atoms with Gasteiger partial charge in [-0.3, -0.25) is 0 Å². The second kappa shape index (κ2) is 5.81. The molecule has 78 valence electrons. The van der Waals surface area contributed by atoms with Crippen LogP contribution in [0.4, 0.5) is 0 Å². The Morgan fingerprint density at radius 1 is 1.40 bits per heavy atom. The Bertz CT molecular complexity index is 363. The highest BCUT2D eigenvalue weighted by molar-refractivity contribution is 5.96. The first kappa shape index (κ1) is 11.2. The molecular formula is C13H14O2. The lowest BCUT2D eigenvalue weighted by atomic mass is 10.1. The number of hydrogen-bond donors (Lipinski definition) is 0. The third-order valence-corrected chi connectivity index (χ3v) is 1.85. The first-order valence-electron chi connectivity index (χ1n) is 4.84. The largest absolute Gasteiger partial charge is 0.462 e. The van der Waals surface area contributed by atoms with Crippen LogP contribution in [0.5, 0.6) is 0 Å². The van der Waals surface area contributed by atoms with Gasteiger partial charge in [0.1, 0.15) is 0 Å². The molecule has 0 atom stereocenters. The van der Waals surface area contributed by atoms with Crippen molar-refractivity contribution in [2.75, 3.05) is 6.61 Å². The van der Waals surface area contributed by atoms with Gasteiger partial charge in [0.2, 0.25) is 0 Å². The minimum atomic E-state index is -0.337. The predicted octanol–water partition coefficient (Wildman–Crippen LogP) is 2.82. The van der Waals surface area contributed by atoms with E-state index in [0.717, 1.165) is 5.56 Å². The first-order valence-corrected chi connectivity index (χ1v) is 4.84. The molecular weight excluding hydrogens is 188 g/mol. The normalized spacial score (nSPS) is 10.9. The van der Waals surface area contributed by atoms with Crippen molar-refractivity contribution in [3.05, 3.63) is 54.1 Å². The molecule has 1 aromatic rings. The lowest BCUT2D eigenvalue weighted by Crippen LogP contribution is -2.05. The van der Waals surface area contributed by atoms with Gasteiger partial charge in [-0.1, -0.05) is 43.0 Å². The summed E-state index contributed by atoms with van der Waals surface area (Å²) >= 11 is 0. The van der Waals surface area contributed by atoms with Gasteiger partial charge in [-0.25, -0.2) is 4.79 Å². The monoisotopic (exact) mass is 202 g/mol. The van der Waals surface area contributed by atoms with Crippen molar-refractivity contribution in [3.63, 3.8) is 0 Å². The molecule has 0 aliphatic heterocycles. The molecule has 1 aromatic carbocycles. The first-order chi connectivity index (χ1) is 7.27. The summed E-state index contributed by atoms with van der Waals surface area (Å²) in [5.74, 6) is -0.337. The van der Waals surface area contributed by atoms with Gasteiger partial charge in [-0.05, 0) is 18.6 Å². The maximum atomic E-state index is 11.4. The molecule has 1 rings (SSSR count). The average molecular weight is 202 g/mol. The van der Waals surface area contributed by atoms with Crippen molar-refractivity contribution in [2.45, 2.75) is 6.92 Å². The van der Waals surface area contributed by atoms with Gasteiger partial charge in [0.15, 0.2) is 0 Å². The van der Waals surface area contributed by atoms with E-state index in [9.17, 15) is 4.79 Å². The maximum Gasteiger partial charge on any atom is 0.338 e. The molecule has 0 aliphatic rings. The molecule has 0 unspecified atom stereocenters. The number of esters is 1. The Hall–Kier alpha value is -1.83. The Balaban J connectivity index is 2.87. The highest BCUT2D eigenvalue weighted by Gasteiger charge is 2.05. The zero-order chi connectivity index (χ0) is 11.1. The predicted molar refractivity (Wildman–Crippen MR) is 61.2 cm³/mol. The summed E-state index contributed by atoms with van der Waals surface area (Å²) < 4.78 is 4.89. The van der Waals surface area contributed by atoms with Crippen LogP contribution < -0.4 is 0 Å². The smallest absolute Gasteiger partial charge is 0.338 e. The number of benzene rings is 1. The fraction of sp³-hybridized carbons (Fsp3) is 0.154. The fourth-order valence-electron chi connectivity index (χ4n) is 1.14. The topological polar surface area (TPSA) is 26.3 Å². The molecule has 0 aromatic heterocycles. The van der Waals surface area contributed by atoms with E-state index >= 15 is 0 Å². The summed E-state index contributed by atoms with van der Waals surface area (Å²) in [6, 6.07) is 9.59. The molecule has 0 fully saturated rings.